The second-order valence-electron chi connectivity index (χ2n) is 3.57. The molecule has 0 rings (SSSR count). The highest BCUT2D eigenvalue weighted by Crippen LogP contribution is 2.30. The summed E-state index contributed by atoms with van der Waals surface area (Å²) < 4.78 is 36.1. The predicted octanol–water partition coefficient (Wildman–Crippen LogP) is 5.06. The molecule has 0 aliphatic rings. The first kappa shape index (κ1) is 14.3. The quantitative estimate of drug-likeness (QED) is 0.450. The zero-order valence-electron chi connectivity index (χ0n) is 8.54. The Morgan fingerprint density at radius 2 is 1.50 bits per heavy atom. The van der Waals surface area contributed by atoms with Gasteiger partial charge in [-0.05, 0) is 6.42 Å². The minimum Gasteiger partial charge on any atom is -0.170 e. The molecule has 4 heteroatoms. The molecular weight excluding hydrogens is 257 g/mol. The molecule has 0 aromatic heterocycles. The minimum absolute atomic E-state index is 0.204. The van der Waals surface area contributed by atoms with Crippen molar-refractivity contribution in [2.45, 2.75) is 62.9 Å². The van der Waals surface area contributed by atoms with Crippen LogP contribution in [0.2, 0.25) is 0 Å². The zero-order valence-corrected chi connectivity index (χ0v) is 10.1. The minimum atomic E-state index is -4.08. The molecule has 0 heterocycles. The molecule has 0 spiro atoms. The topological polar surface area (TPSA) is 0 Å². The summed E-state index contributed by atoms with van der Waals surface area (Å²) in [6.45, 7) is 2.12. The average molecular weight is 275 g/mol. The number of unbranched alkanes of at least 4 members (excludes halogenated alkanes) is 5. The molecule has 86 valence electrons. The van der Waals surface area contributed by atoms with Crippen LogP contribution in [0.4, 0.5) is 13.2 Å². The van der Waals surface area contributed by atoms with Gasteiger partial charge in [0.2, 0.25) is 0 Å². The van der Waals surface area contributed by atoms with Crippen molar-refractivity contribution in [1.29, 1.82) is 0 Å². The molecule has 0 unspecified atom stereocenters. The van der Waals surface area contributed by atoms with Crippen LogP contribution in [0.15, 0.2) is 0 Å². The van der Waals surface area contributed by atoms with Crippen LogP contribution in [0.25, 0.3) is 0 Å². The molecule has 0 saturated heterocycles. The van der Waals surface area contributed by atoms with E-state index in [4.69, 9.17) is 0 Å². The molecule has 0 aromatic rings. The first-order valence-electron chi connectivity index (χ1n) is 5.19. The predicted molar refractivity (Wildman–Crippen MR) is 56.8 cm³/mol. The van der Waals surface area contributed by atoms with Gasteiger partial charge in [0, 0.05) is 0 Å². The van der Waals surface area contributed by atoms with Crippen LogP contribution in [0, 0.1) is 0 Å². The van der Waals surface area contributed by atoms with Crippen LogP contribution in [-0.2, 0) is 0 Å². The summed E-state index contributed by atoms with van der Waals surface area (Å²) in [7, 11) is 0. The Balaban J connectivity index is 3.28. The number of rotatable bonds is 7. The normalized spacial score (nSPS) is 14.4. The Kier molecular flexibility index (Phi) is 7.69. The maximum absolute atomic E-state index is 12.0. The first-order valence-corrected chi connectivity index (χ1v) is 6.10. The summed E-state index contributed by atoms with van der Waals surface area (Å²) in [5, 5.41) is 0. The van der Waals surface area contributed by atoms with Crippen molar-refractivity contribution in [2.75, 3.05) is 0 Å². The van der Waals surface area contributed by atoms with Crippen LogP contribution in [0.1, 0.15) is 51.9 Å². The van der Waals surface area contributed by atoms with Gasteiger partial charge >= 0.3 is 6.18 Å². The number of hydrogen-bond acceptors (Lipinski definition) is 0. The zero-order chi connectivity index (χ0) is 11.0. The van der Waals surface area contributed by atoms with Gasteiger partial charge in [0.1, 0.15) is 4.83 Å². The largest absolute Gasteiger partial charge is 0.401 e. The molecule has 0 saturated carbocycles. The summed E-state index contributed by atoms with van der Waals surface area (Å²) in [6.07, 6.45) is 2.28. The molecule has 0 radical (unpaired) electrons. The molecule has 0 bridgehead atoms. The fraction of sp³-hybridized carbons (Fsp3) is 1.00. The van der Waals surface area contributed by atoms with Crippen molar-refractivity contribution in [3.8, 4) is 0 Å². The highest BCUT2D eigenvalue weighted by molar-refractivity contribution is 9.09. The van der Waals surface area contributed by atoms with Crippen molar-refractivity contribution in [2.24, 2.45) is 0 Å². The molecule has 1 atom stereocenters. The second-order valence-corrected chi connectivity index (χ2v) is 4.67. The lowest BCUT2D eigenvalue weighted by molar-refractivity contribution is -0.128. The van der Waals surface area contributed by atoms with Gasteiger partial charge < -0.3 is 0 Å². The third-order valence-electron chi connectivity index (χ3n) is 2.17. The van der Waals surface area contributed by atoms with Crippen molar-refractivity contribution in [3.63, 3.8) is 0 Å². The molecule has 0 fully saturated rings. The maximum Gasteiger partial charge on any atom is 0.401 e. The van der Waals surface area contributed by atoms with Gasteiger partial charge in [-0.25, -0.2) is 0 Å². The fourth-order valence-corrected chi connectivity index (χ4v) is 1.59. The highest BCUT2D eigenvalue weighted by Gasteiger charge is 2.36. The molecule has 0 N–H and O–H groups in total. The smallest absolute Gasteiger partial charge is 0.170 e. The van der Waals surface area contributed by atoms with Gasteiger partial charge in [-0.1, -0.05) is 61.4 Å². The van der Waals surface area contributed by atoms with E-state index >= 15 is 0 Å². The lowest BCUT2D eigenvalue weighted by Gasteiger charge is -2.13. The van der Waals surface area contributed by atoms with Gasteiger partial charge in [-0.3, -0.25) is 0 Å². The van der Waals surface area contributed by atoms with E-state index in [-0.39, 0.29) is 6.42 Å². The van der Waals surface area contributed by atoms with Gasteiger partial charge in [0.05, 0.1) is 0 Å². The van der Waals surface area contributed by atoms with Gasteiger partial charge in [0.15, 0.2) is 0 Å². The van der Waals surface area contributed by atoms with E-state index in [0.29, 0.717) is 6.42 Å². The summed E-state index contributed by atoms with van der Waals surface area (Å²) >= 11 is 2.66. The van der Waals surface area contributed by atoms with Crippen molar-refractivity contribution >= 4 is 15.9 Å². The first-order chi connectivity index (χ1) is 6.48. The Hall–Kier alpha value is 0.270. The van der Waals surface area contributed by atoms with E-state index in [2.05, 4.69) is 22.9 Å². The van der Waals surface area contributed by atoms with Crippen molar-refractivity contribution < 1.29 is 13.2 Å². The molecule has 0 aliphatic carbocycles. The fourth-order valence-electron chi connectivity index (χ4n) is 1.27. The Morgan fingerprint density at radius 3 is 2.00 bits per heavy atom. The van der Waals surface area contributed by atoms with E-state index in [0.717, 1.165) is 19.3 Å². The van der Waals surface area contributed by atoms with Crippen LogP contribution in [-0.4, -0.2) is 11.0 Å². The third-order valence-corrected chi connectivity index (χ3v) is 3.14. The Labute approximate surface area is 92.4 Å². The number of alkyl halides is 4. The van der Waals surface area contributed by atoms with Crippen LogP contribution in [0.5, 0.6) is 0 Å². The molecule has 0 nitrogen and oxygen atoms in total. The number of halogens is 4. The Morgan fingerprint density at radius 1 is 1.00 bits per heavy atom. The molecule has 0 aliphatic heterocycles. The molecule has 0 aromatic carbocycles. The number of hydrogen-bond donors (Lipinski definition) is 0. The lowest BCUT2D eigenvalue weighted by Crippen LogP contribution is -2.22. The van der Waals surface area contributed by atoms with Crippen LogP contribution < -0.4 is 0 Å². The van der Waals surface area contributed by atoms with Crippen LogP contribution >= 0.6 is 15.9 Å². The summed E-state index contributed by atoms with van der Waals surface area (Å²) in [5.74, 6) is 0. The SMILES string of the molecule is CCCCCCCC[C@H](Br)C(F)(F)F. The average Bonchev–Trinajstić information content (AvgIpc) is 2.09. The van der Waals surface area contributed by atoms with Gasteiger partial charge in [-0.2, -0.15) is 13.2 Å². The van der Waals surface area contributed by atoms with E-state index in [1.807, 2.05) is 0 Å². The third kappa shape index (κ3) is 7.65. The summed E-state index contributed by atoms with van der Waals surface area (Å²) in [5.41, 5.74) is 0. The van der Waals surface area contributed by atoms with Gasteiger partial charge in [-0.15, -0.1) is 0 Å². The monoisotopic (exact) mass is 274 g/mol. The molecular formula is C10H18BrF3. The van der Waals surface area contributed by atoms with E-state index in [9.17, 15) is 13.2 Å². The lowest BCUT2D eigenvalue weighted by atomic mass is 10.1. The van der Waals surface area contributed by atoms with Crippen molar-refractivity contribution in [3.05, 3.63) is 0 Å². The summed E-state index contributed by atoms with van der Waals surface area (Å²) in [6, 6.07) is 0. The Bertz CT molecular complexity index is 134. The standard InChI is InChI=1S/C10H18BrF3/c1-2-3-4-5-6-7-8-9(11)10(12,13)14/h9H,2-8H2,1H3/t9-/m0/s1. The van der Waals surface area contributed by atoms with E-state index in [1.54, 1.807) is 0 Å². The van der Waals surface area contributed by atoms with Gasteiger partial charge in [0.25, 0.3) is 0 Å². The van der Waals surface area contributed by atoms with E-state index in [1.165, 1.54) is 12.8 Å². The summed E-state index contributed by atoms with van der Waals surface area (Å²) in [4.78, 5) is -1.32. The second kappa shape index (κ2) is 7.55. The van der Waals surface area contributed by atoms with E-state index < -0.39 is 11.0 Å². The van der Waals surface area contributed by atoms with Crippen LogP contribution in [0.3, 0.4) is 0 Å². The molecule has 0 amide bonds. The van der Waals surface area contributed by atoms with Crippen molar-refractivity contribution in [1.82, 2.24) is 0 Å². The highest BCUT2D eigenvalue weighted by atomic mass is 79.9. The maximum atomic E-state index is 12.0. The molecule has 14 heavy (non-hydrogen) atoms.